The van der Waals surface area contributed by atoms with E-state index in [0.29, 0.717) is 36.3 Å². The number of rotatable bonds is 5. The van der Waals surface area contributed by atoms with Gasteiger partial charge in [0.05, 0.1) is 16.8 Å². The predicted octanol–water partition coefficient (Wildman–Crippen LogP) is 3.62. The summed E-state index contributed by atoms with van der Waals surface area (Å²) < 4.78 is 0. The lowest BCUT2D eigenvalue weighted by molar-refractivity contribution is -0.122. The number of amides is 4. The summed E-state index contributed by atoms with van der Waals surface area (Å²) in [4.78, 5) is 54.3. The van der Waals surface area contributed by atoms with Gasteiger partial charge in [-0.25, -0.2) is 4.90 Å². The van der Waals surface area contributed by atoms with E-state index >= 15 is 0 Å². The van der Waals surface area contributed by atoms with Crippen LogP contribution in [0.2, 0.25) is 0 Å². The van der Waals surface area contributed by atoms with Crippen LogP contribution >= 0.6 is 0 Å². The van der Waals surface area contributed by atoms with Crippen molar-refractivity contribution in [3.63, 3.8) is 0 Å². The van der Waals surface area contributed by atoms with Gasteiger partial charge in [-0.2, -0.15) is 0 Å². The molecular weight excluding hydrogens is 418 g/mol. The van der Waals surface area contributed by atoms with E-state index in [0.717, 1.165) is 30.4 Å². The summed E-state index contributed by atoms with van der Waals surface area (Å²) in [5.41, 5.74) is 3.27. The molecule has 0 aliphatic carbocycles. The highest BCUT2D eigenvalue weighted by Crippen LogP contribution is 2.32. The Morgan fingerprint density at radius 3 is 2.55 bits per heavy atom. The summed E-state index contributed by atoms with van der Waals surface area (Å²) in [5.74, 6) is -0.983. The van der Waals surface area contributed by atoms with Crippen molar-refractivity contribution in [2.45, 2.75) is 52.5 Å². The summed E-state index contributed by atoms with van der Waals surface area (Å²) in [7, 11) is 0. The van der Waals surface area contributed by atoms with Crippen LogP contribution < -0.4 is 10.2 Å². The summed E-state index contributed by atoms with van der Waals surface area (Å²) in [6, 6.07) is 10.3. The molecule has 4 rings (SSSR count). The lowest BCUT2D eigenvalue weighted by atomic mass is 10.0. The fourth-order valence-corrected chi connectivity index (χ4v) is 4.54. The zero-order valence-electron chi connectivity index (χ0n) is 19.3. The van der Waals surface area contributed by atoms with Gasteiger partial charge in [-0.05, 0) is 68.5 Å². The second kappa shape index (κ2) is 9.17. The van der Waals surface area contributed by atoms with Gasteiger partial charge in [0, 0.05) is 31.1 Å². The van der Waals surface area contributed by atoms with Crippen molar-refractivity contribution in [2.75, 3.05) is 18.0 Å². The van der Waals surface area contributed by atoms with Gasteiger partial charge in [0.15, 0.2) is 0 Å². The molecule has 0 aromatic heterocycles. The van der Waals surface area contributed by atoms with E-state index < -0.39 is 5.91 Å². The first kappa shape index (κ1) is 22.7. The predicted molar refractivity (Wildman–Crippen MR) is 125 cm³/mol. The van der Waals surface area contributed by atoms with Gasteiger partial charge in [-0.15, -0.1) is 0 Å². The summed E-state index contributed by atoms with van der Waals surface area (Å²) in [6.07, 6.45) is 2.89. The van der Waals surface area contributed by atoms with Crippen LogP contribution in [0, 0.1) is 13.8 Å². The van der Waals surface area contributed by atoms with Crippen LogP contribution in [-0.2, 0) is 4.79 Å². The number of nitrogens with zero attached hydrogens (tertiary/aromatic N) is 2. The second-order valence-electron chi connectivity index (χ2n) is 8.90. The standard InChI is InChI=1S/C26H29N3O4/c1-4-6-23(30)27-19-7-5-12-28(15-19)24(31)18-10-11-20-21(14-18)26(33)29(25(20)32)22-13-16(2)8-9-17(22)3/h8-11,13-14,19H,4-7,12,15H2,1-3H3,(H,27,30). The Bertz CT molecular complexity index is 1140. The van der Waals surface area contributed by atoms with Crippen molar-refractivity contribution in [1.82, 2.24) is 10.2 Å². The van der Waals surface area contributed by atoms with Gasteiger partial charge < -0.3 is 10.2 Å². The third kappa shape index (κ3) is 4.40. The number of hydrogen-bond acceptors (Lipinski definition) is 4. The van der Waals surface area contributed by atoms with Crippen LogP contribution in [0.4, 0.5) is 5.69 Å². The maximum absolute atomic E-state index is 13.2. The molecule has 33 heavy (non-hydrogen) atoms. The maximum atomic E-state index is 13.2. The third-order valence-electron chi connectivity index (χ3n) is 6.29. The van der Waals surface area contributed by atoms with Crippen LogP contribution in [0.15, 0.2) is 36.4 Å². The Hall–Kier alpha value is -3.48. The van der Waals surface area contributed by atoms with Crippen LogP contribution in [0.5, 0.6) is 0 Å². The van der Waals surface area contributed by atoms with E-state index in [4.69, 9.17) is 0 Å². The number of anilines is 1. The molecule has 1 atom stereocenters. The molecule has 0 saturated carbocycles. The Morgan fingerprint density at radius 2 is 1.79 bits per heavy atom. The summed E-state index contributed by atoms with van der Waals surface area (Å²) in [5, 5.41) is 3.01. The molecule has 2 aromatic carbocycles. The number of nitrogens with one attached hydrogen (secondary N) is 1. The van der Waals surface area contributed by atoms with Gasteiger partial charge in [-0.3, -0.25) is 19.2 Å². The molecule has 2 aliphatic rings. The number of imide groups is 1. The number of carbonyl (C=O) groups is 4. The molecular formula is C26H29N3O4. The molecule has 1 saturated heterocycles. The van der Waals surface area contributed by atoms with E-state index in [9.17, 15) is 19.2 Å². The lowest BCUT2D eigenvalue weighted by Gasteiger charge is -2.33. The zero-order chi connectivity index (χ0) is 23.7. The first-order chi connectivity index (χ1) is 15.8. The minimum Gasteiger partial charge on any atom is -0.352 e. The molecule has 1 N–H and O–H groups in total. The van der Waals surface area contributed by atoms with Crippen molar-refractivity contribution in [1.29, 1.82) is 0 Å². The van der Waals surface area contributed by atoms with Gasteiger partial charge in [-0.1, -0.05) is 19.1 Å². The molecule has 0 bridgehead atoms. The zero-order valence-corrected chi connectivity index (χ0v) is 19.3. The fraction of sp³-hybridized carbons (Fsp3) is 0.385. The first-order valence-electron chi connectivity index (χ1n) is 11.5. The molecule has 7 heteroatoms. The molecule has 2 aliphatic heterocycles. The van der Waals surface area contributed by atoms with E-state index in [1.807, 2.05) is 39.0 Å². The molecule has 2 aromatic rings. The molecule has 1 unspecified atom stereocenters. The van der Waals surface area contributed by atoms with Crippen LogP contribution in [0.1, 0.15) is 74.8 Å². The molecule has 1 fully saturated rings. The van der Waals surface area contributed by atoms with Crippen molar-refractivity contribution in [3.8, 4) is 0 Å². The molecule has 0 radical (unpaired) electrons. The second-order valence-corrected chi connectivity index (χ2v) is 8.90. The molecule has 7 nitrogen and oxygen atoms in total. The molecule has 4 amide bonds. The van der Waals surface area contributed by atoms with Gasteiger partial charge in [0.2, 0.25) is 5.91 Å². The fourth-order valence-electron chi connectivity index (χ4n) is 4.54. The largest absolute Gasteiger partial charge is 0.352 e. The Kier molecular flexibility index (Phi) is 6.31. The molecule has 0 spiro atoms. The normalized spacial score (nSPS) is 17.8. The van der Waals surface area contributed by atoms with E-state index in [2.05, 4.69) is 5.32 Å². The van der Waals surface area contributed by atoms with Crippen molar-refractivity contribution in [3.05, 3.63) is 64.2 Å². The summed E-state index contributed by atoms with van der Waals surface area (Å²) >= 11 is 0. The highest BCUT2D eigenvalue weighted by Gasteiger charge is 2.38. The Morgan fingerprint density at radius 1 is 1.03 bits per heavy atom. The van der Waals surface area contributed by atoms with Crippen LogP contribution in [0.3, 0.4) is 0 Å². The van der Waals surface area contributed by atoms with Gasteiger partial charge >= 0.3 is 0 Å². The Balaban J connectivity index is 1.55. The van der Waals surface area contributed by atoms with Crippen LogP contribution in [0.25, 0.3) is 0 Å². The third-order valence-corrected chi connectivity index (χ3v) is 6.29. The average molecular weight is 448 g/mol. The number of aryl methyl sites for hydroxylation is 2. The van der Waals surface area contributed by atoms with Crippen molar-refractivity contribution < 1.29 is 19.2 Å². The number of hydrogen-bond donors (Lipinski definition) is 1. The first-order valence-corrected chi connectivity index (χ1v) is 11.5. The van der Waals surface area contributed by atoms with E-state index in [-0.39, 0.29) is 29.3 Å². The Labute approximate surface area is 193 Å². The summed E-state index contributed by atoms with van der Waals surface area (Å²) in [6.45, 7) is 6.76. The maximum Gasteiger partial charge on any atom is 0.266 e. The average Bonchev–Trinajstić information content (AvgIpc) is 3.04. The molecule has 2 heterocycles. The number of likely N-dealkylation sites (tertiary alicyclic amines) is 1. The monoisotopic (exact) mass is 447 g/mol. The van der Waals surface area contributed by atoms with Gasteiger partial charge in [0.1, 0.15) is 0 Å². The highest BCUT2D eigenvalue weighted by molar-refractivity contribution is 6.35. The van der Waals surface area contributed by atoms with Crippen molar-refractivity contribution in [2.24, 2.45) is 0 Å². The van der Waals surface area contributed by atoms with Crippen LogP contribution in [-0.4, -0.2) is 47.7 Å². The number of piperidine rings is 1. The number of fused-ring (bicyclic) bond motifs is 1. The minimum absolute atomic E-state index is 0.00460. The smallest absolute Gasteiger partial charge is 0.266 e. The minimum atomic E-state index is -0.415. The quantitative estimate of drug-likeness (QED) is 0.709. The number of benzene rings is 2. The van der Waals surface area contributed by atoms with E-state index in [1.54, 1.807) is 17.0 Å². The highest BCUT2D eigenvalue weighted by atomic mass is 16.2. The van der Waals surface area contributed by atoms with E-state index in [1.165, 1.54) is 11.0 Å². The lowest BCUT2D eigenvalue weighted by Crippen LogP contribution is -2.49. The van der Waals surface area contributed by atoms with Gasteiger partial charge in [0.25, 0.3) is 17.7 Å². The van der Waals surface area contributed by atoms with Crippen molar-refractivity contribution >= 4 is 29.3 Å². The topological polar surface area (TPSA) is 86.8 Å². The number of carbonyl (C=O) groups excluding carboxylic acids is 4. The SMILES string of the molecule is CCCC(=O)NC1CCCN(C(=O)c2ccc3c(c2)C(=O)N(c2cc(C)ccc2C)C3=O)C1. The molecule has 172 valence electrons.